The van der Waals surface area contributed by atoms with Crippen LogP contribution < -0.4 is 11.1 Å². The zero-order valence-corrected chi connectivity index (χ0v) is 12.4. The maximum Gasteiger partial charge on any atom is 0.253 e. The van der Waals surface area contributed by atoms with Gasteiger partial charge in [-0.2, -0.15) is 0 Å². The predicted molar refractivity (Wildman–Crippen MR) is 83.6 cm³/mol. The maximum atomic E-state index is 13.3. The number of nitrogens with two attached hydrogens (primary N) is 1. The van der Waals surface area contributed by atoms with Crippen LogP contribution in [0.15, 0.2) is 36.4 Å². The number of hydrogen-bond acceptors (Lipinski definition) is 3. The first-order valence-corrected chi connectivity index (χ1v) is 6.59. The summed E-state index contributed by atoms with van der Waals surface area (Å²) >= 11 is 5.81. The molecule has 0 aliphatic heterocycles. The van der Waals surface area contributed by atoms with Crippen LogP contribution in [0.1, 0.15) is 10.4 Å². The van der Waals surface area contributed by atoms with Gasteiger partial charge in [-0.3, -0.25) is 4.79 Å². The van der Waals surface area contributed by atoms with Gasteiger partial charge in [0, 0.05) is 30.4 Å². The molecule has 3 N–H and O–H groups in total. The predicted octanol–water partition coefficient (Wildman–Crippen LogP) is 3.51. The molecule has 110 valence electrons. The van der Waals surface area contributed by atoms with Crippen LogP contribution in [0, 0.1) is 5.82 Å². The number of nitrogens with zero attached hydrogens (tertiary/aromatic N) is 1. The third kappa shape index (κ3) is 3.64. The van der Waals surface area contributed by atoms with Crippen LogP contribution in [0.5, 0.6) is 0 Å². The number of carbonyl (C=O) groups excluding carboxylic acids is 1. The van der Waals surface area contributed by atoms with Gasteiger partial charge in [-0.25, -0.2) is 4.39 Å². The molecule has 0 bridgehead atoms. The van der Waals surface area contributed by atoms with Gasteiger partial charge in [0.15, 0.2) is 0 Å². The molecular weight excluding hydrogens is 293 g/mol. The van der Waals surface area contributed by atoms with E-state index in [1.54, 1.807) is 38.4 Å². The van der Waals surface area contributed by atoms with Gasteiger partial charge in [-0.1, -0.05) is 11.6 Å². The minimum Gasteiger partial charge on any atom is -0.397 e. The summed E-state index contributed by atoms with van der Waals surface area (Å²) in [5.41, 5.74) is 7.79. The zero-order valence-electron chi connectivity index (χ0n) is 11.7. The Bertz CT molecular complexity index is 668. The Kier molecular flexibility index (Phi) is 4.33. The molecule has 0 atom stereocenters. The van der Waals surface area contributed by atoms with Crippen LogP contribution in [-0.4, -0.2) is 24.9 Å². The Hall–Kier alpha value is -2.27. The highest BCUT2D eigenvalue weighted by Gasteiger charge is 2.11. The van der Waals surface area contributed by atoms with Crippen LogP contribution in [0.2, 0.25) is 5.02 Å². The SMILES string of the molecule is CN(C)C(=O)c1ccc(N)c(Nc2cc(F)cc(Cl)c2)c1. The summed E-state index contributed by atoms with van der Waals surface area (Å²) in [7, 11) is 3.33. The molecule has 0 aromatic heterocycles. The minimum atomic E-state index is -0.455. The van der Waals surface area contributed by atoms with E-state index in [-0.39, 0.29) is 10.9 Å². The first-order chi connectivity index (χ1) is 9.86. The fourth-order valence-electron chi connectivity index (χ4n) is 1.84. The van der Waals surface area contributed by atoms with Crippen molar-refractivity contribution in [1.29, 1.82) is 0 Å². The molecule has 0 radical (unpaired) electrons. The molecule has 0 spiro atoms. The largest absolute Gasteiger partial charge is 0.397 e. The van der Waals surface area contributed by atoms with Crippen LogP contribution in [0.25, 0.3) is 0 Å². The number of nitrogen functional groups attached to an aromatic ring is 1. The number of halogens is 2. The van der Waals surface area contributed by atoms with Crippen molar-refractivity contribution in [3.63, 3.8) is 0 Å². The van der Waals surface area contributed by atoms with E-state index < -0.39 is 5.82 Å². The third-order valence-corrected chi connectivity index (χ3v) is 3.07. The van der Waals surface area contributed by atoms with Gasteiger partial charge in [0.25, 0.3) is 5.91 Å². The van der Waals surface area contributed by atoms with Crippen LogP contribution in [0.4, 0.5) is 21.5 Å². The van der Waals surface area contributed by atoms with Crippen molar-refractivity contribution in [2.24, 2.45) is 0 Å². The van der Waals surface area contributed by atoms with Crippen molar-refractivity contribution in [3.8, 4) is 0 Å². The average Bonchev–Trinajstić information content (AvgIpc) is 2.39. The Morgan fingerprint density at radius 1 is 1.24 bits per heavy atom. The number of rotatable bonds is 3. The summed E-state index contributed by atoms with van der Waals surface area (Å²) in [4.78, 5) is 13.4. The van der Waals surface area contributed by atoms with E-state index >= 15 is 0 Å². The molecule has 0 fully saturated rings. The van der Waals surface area contributed by atoms with E-state index in [1.807, 2.05) is 0 Å². The van der Waals surface area contributed by atoms with Gasteiger partial charge in [0.05, 0.1) is 11.4 Å². The van der Waals surface area contributed by atoms with Gasteiger partial charge in [-0.15, -0.1) is 0 Å². The van der Waals surface area contributed by atoms with Gasteiger partial charge in [-0.05, 0) is 36.4 Å². The van der Waals surface area contributed by atoms with E-state index in [4.69, 9.17) is 17.3 Å². The Labute approximate surface area is 127 Å². The molecule has 0 saturated heterocycles. The quantitative estimate of drug-likeness (QED) is 0.853. The lowest BCUT2D eigenvalue weighted by Crippen LogP contribution is -2.21. The molecule has 2 aromatic carbocycles. The molecule has 0 aliphatic carbocycles. The van der Waals surface area contributed by atoms with Gasteiger partial charge in [0.2, 0.25) is 0 Å². The molecule has 2 rings (SSSR count). The van der Waals surface area contributed by atoms with E-state index in [1.165, 1.54) is 17.0 Å². The van der Waals surface area contributed by atoms with E-state index in [0.717, 1.165) is 0 Å². The summed E-state index contributed by atoms with van der Waals surface area (Å²) in [6.07, 6.45) is 0. The number of hydrogen-bond donors (Lipinski definition) is 2. The molecule has 6 heteroatoms. The Balaban J connectivity index is 2.35. The number of nitrogens with one attached hydrogen (secondary N) is 1. The maximum absolute atomic E-state index is 13.3. The van der Waals surface area contributed by atoms with Crippen molar-refractivity contribution in [3.05, 3.63) is 52.8 Å². The van der Waals surface area contributed by atoms with Gasteiger partial charge in [0.1, 0.15) is 5.82 Å². The third-order valence-electron chi connectivity index (χ3n) is 2.85. The monoisotopic (exact) mass is 307 g/mol. The van der Waals surface area contributed by atoms with Crippen molar-refractivity contribution >= 4 is 34.6 Å². The highest BCUT2D eigenvalue weighted by Crippen LogP contribution is 2.27. The highest BCUT2D eigenvalue weighted by atomic mass is 35.5. The number of amides is 1. The summed E-state index contributed by atoms with van der Waals surface area (Å²) in [6.45, 7) is 0. The minimum absolute atomic E-state index is 0.143. The van der Waals surface area contributed by atoms with Gasteiger partial charge >= 0.3 is 0 Å². The molecule has 2 aromatic rings. The summed E-state index contributed by atoms with van der Waals surface area (Å²) < 4.78 is 13.3. The van der Waals surface area contributed by atoms with E-state index in [2.05, 4.69) is 5.32 Å². The zero-order chi connectivity index (χ0) is 15.6. The lowest BCUT2D eigenvalue weighted by Gasteiger charge is -2.14. The second kappa shape index (κ2) is 6.01. The number of carbonyl (C=O) groups is 1. The van der Waals surface area contributed by atoms with E-state index in [9.17, 15) is 9.18 Å². The molecule has 0 saturated carbocycles. The average molecular weight is 308 g/mol. The van der Waals surface area contributed by atoms with E-state index in [0.29, 0.717) is 22.6 Å². The van der Waals surface area contributed by atoms with Crippen molar-refractivity contribution in [1.82, 2.24) is 4.90 Å². The van der Waals surface area contributed by atoms with Crippen LogP contribution in [-0.2, 0) is 0 Å². The molecule has 0 aliphatic rings. The second-order valence-corrected chi connectivity index (χ2v) is 5.22. The summed E-state index contributed by atoms with van der Waals surface area (Å²) in [5, 5.41) is 3.24. The van der Waals surface area contributed by atoms with Crippen molar-refractivity contribution in [2.45, 2.75) is 0 Å². The molecule has 21 heavy (non-hydrogen) atoms. The number of benzene rings is 2. The summed E-state index contributed by atoms with van der Waals surface area (Å²) in [5.74, 6) is -0.598. The molecular formula is C15H15ClFN3O. The fraction of sp³-hybridized carbons (Fsp3) is 0.133. The topological polar surface area (TPSA) is 58.4 Å². The number of anilines is 3. The Morgan fingerprint density at radius 3 is 2.57 bits per heavy atom. The fourth-order valence-corrected chi connectivity index (χ4v) is 2.06. The lowest BCUT2D eigenvalue weighted by atomic mass is 10.1. The standard InChI is InChI=1S/C15H15ClFN3O/c1-20(2)15(21)9-3-4-13(18)14(5-9)19-12-7-10(16)6-11(17)8-12/h3-8,19H,18H2,1-2H3. The van der Waals surface area contributed by atoms with Gasteiger partial charge < -0.3 is 16.0 Å². The first-order valence-electron chi connectivity index (χ1n) is 6.21. The normalized spacial score (nSPS) is 10.3. The smallest absolute Gasteiger partial charge is 0.253 e. The van der Waals surface area contributed by atoms with Crippen molar-refractivity contribution < 1.29 is 9.18 Å². The highest BCUT2D eigenvalue weighted by molar-refractivity contribution is 6.30. The molecule has 4 nitrogen and oxygen atoms in total. The molecule has 0 unspecified atom stereocenters. The summed E-state index contributed by atoms with van der Waals surface area (Å²) in [6, 6.07) is 8.97. The van der Waals surface area contributed by atoms with Crippen LogP contribution in [0.3, 0.4) is 0 Å². The van der Waals surface area contributed by atoms with Crippen molar-refractivity contribution in [2.75, 3.05) is 25.1 Å². The second-order valence-electron chi connectivity index (χ2n) is 4.78. The lowest BCUT2D eigenvalue weighted by molar-refractivity contribution is 0.0827. The first kappa shape index (κ1) is 15.1. The Morgan fingerprint density at radius 2 is 1.95 bits per heavy atom. The van der Waals surface area contributed by atoms with Crippen LogP contribution >= 0.6 is 11.6 Å². The molecule has 0 heterocycles. The molecule has 1 amide bonds.